The molecule has 0 aromatic heterocycles. The van der Waals surface area contributed by atoms with Crippen LogP contribution in [0.3, 0.4) is 0 Å². The van der Waals surface area contributed by atoms with Gasteiger partial charge in [-0.2, -0.15) is 0 Å². The highest BCUT2D eigenvalue weighted by atomic mass is 32.2. The molecule has 0 bridgehead atoms. The number of carbonyl (C=O) groups excluding carboxylic acids is 1. The molecular formula is C17H28N2O5S. The van der Waals surface area contributed by atoms with Gasteiger partial charge in [0.1, 0.15) is 0 Å². The van der Waals surface area contributed by atoms with Gasteiger partial charge >= 0.3 is 0 Å². The smallest absolute Gasteiger partial charge is 0.253 e. The van der Waals surface area contributed by atoms with Gasteiger partial charge in [0.25, 0.3) is 5.91 Å². The van der Waals surface area contributed by atoms with Crippen LogP contribution in [-0.2, 0) is 10.0 Å². The van der Waals surface area contributed by atoms with Crippen LogP contribution in [-0.4, -0.2) is 47.4 Å². The van der Waals surface area contributed by atoms with Crippen molar-refractivity contribution < 1.29 is 22.7 Å². The molecule has 0 radical (unpaired) electrons. The van der Waals surface area contributed by atoms with Crippen LogP contribution < -0.4 is 19.1 Å². The lowest BCUT2D eigenvalue weighted by atomic mass is 10.1. The first-order valence-electron chi connectivity index (χ1n) is 8.24. The number of carbonyl (C=O) groups is 1. The van der Waals surface area contributed by atoms with Crippen molar-refractivity contribution in [1.82, 2.24) is 5.32 Å². The van der Waals surface area contributed by atoms with Crippen LogP contribution in [0.4, 0.5) is 5.69 Å². The van der Waals surface area contributed by atoms with Gasteiger partial charge in [0.05, 0.1) is 31.7 Å². The summed E-state index contributed by atoms with van der Waals surface area (Å²) in [6.45, 7) is 5.85. The summed E-state index contributed by atoms with van der Waals surface area (Å²) in [5.41, 5.74) is 0.497. The maximum absolute atomic E-state index is 12.7. The second kappa shape index (κ2) is 8.94. The first-order chi connectivity index (χ1) is 11.7. The van der Waals surface area contributed by atoms with Gasteiger partial charge in [-0.3, -0.25) is 9.10 Å². The van der Waals surface area contributed by atoms with Crippen LogP contribution in [0, 0.1) is 0 Å². The minimum atomic E-state index is -3.55. The first kappa shape index (κ1) is 21.1. The summed E-state index contributed by atoms with van der Waals surface area (Å²) in [6, 6.07) is 3.01. The van der Waals surface area contributed by atoms with Crippen molar-refractivity contribution in [3.63, 3.8) is 0 Å². The third-order valence-electron chi connectivity index (χ3n) is 3.80. The topological polar surface area (TPSA) is 84.9 Å². The van der Waals surface area contributed by atoms with Crippen molar-refractivity contribution in [2.45, 2.75) is 39.7 Å². The van der Waals surface area contributed by atoms with Crippen molar-refractivity contribution in [2.75, 3.05) is 31.3 Å². The lowest BCUT2D eigenvalue weighted by molar-refractivity contribution is 0.0938. The summed E-state index contributed by atoms with van der Waals surface area (Å²) in [5, 5.41) is 2.90. The molecule has 1 aromatic rings. The van der Waals surface area contributed by atoms with E-state index < -0.39 is 10.0 Å². The molecule has 142 valence electrons. The van der Waals surface area contributed by atoms with Crippen molar-refractivity contribution in [1.29, 1.82) is 0 Å². The molecule has 1 amide bonds. The van der Waals surface area contributed by atoms with Gasteiger partial charge < -0.3 is 14.8 Å². The van der Waals surface area contributed by atoms with E-state index in [9.17, 15) is 13.2 Å². The number of amides is 1. The van der Waals surface area contributed by atoms with Crippen LogP contribution in [0.1, 0.15) is 44.0 Å². The second-order valence-corrected chi connectivity index (χ2v) is 7.72. The number of anilines is 1. The minimum Gasteiger partial charge on any atom is -0.493 e. The Morgan fingerprint density at radius 3 is 2.20 bits per heavy atom. The molecule has 8 heteroatoms. The van der Waals surface area contributed by atoms with E-state index in [0.717, 1.165) is 19.1 Å². The van der Waals surface area contributed by atoms with Gasteiger partial charge in [-0.25, -0.2) is 8.42 Å². The molecule has 0 saturated heterocycles. The predicted molar refractivity (Wildman–Crippen MR) is 99.2 cm³/mol. The second-order valence-electron chi connectivity index (χ2n) is 5.82. The zero-order chi connectivity index (χ0) is 19.2. The molecule has 0 spiro atoms. The monoisotopic (exact) mass is 372 g/mol. The Labute approximate surface area is 150 Å². The van der Waals surface area contributed by atoms with Crippen LogP contribution in [0.15, 0.2) is 12.1 Å². The summed E-state index contributed by atoms with van der Waals surface area (Å²) in [4.78, 5) is 12.7. The van der Waals surface area contributed by atoms with Crippen molar-refractivity contribution in [2.24, 2.45) is 0 Å². The van der Waals surface area contributed by atoms with Gasteiger partial charge in [0.2, 0.25) is 10.0 Å². The van der Waals surface area contributed by atoms with E-state index in [1.54, 1.807) is 6.92 Å². The van der Waals surface area contributed by atoms with Crippen LogP contribution in [0.2, 0.25) is 0 Å². The number of nitrogens with zero attached hydrogens (tertiary/aromatic N) is 1. The fourth-order valence-electron chi connectivity index (χ4n) is 2.65. The summed E-state index contributed by atoms with van der Waals surface area (Å²) in [6.07, 6.45) is 2.87. The van der Waals surface area contributed by atoms with Crippen LogP contribution in [0.25, 0.3) is 0 Å². The average Bonchev–Trinajstić information content (AvgIpc) is 2.53. The molecule has 7 nitrogen and oxygen atoms in total. The highest BCUT2D eigenvalue weighted by Crippen LogP contribution is 2.36. The summed E-state index contributed by atoms with van der Waals surface area (Å²) < 4.78 is 36.0. The minimum absolute atomic E-state index is 0.0215. The van der Waals surface area contributed by atoms with E-state index in [1.165, 1.54) is 30.7 Å². The summed E-state index contributed by atoms with van der Waals surface area (Å²) in [7, 11) is -0.625. The Balaban J connectivity index is 3.49. The Morgan fingerprint density at radius 2 is 1.76 bits per heavy atom. The van der Waals surface area contributed by atoms with Gasteiger partial charge in [0, 0.05) is 18.7 Å². The van der Waals surface area contributed by atoms with Crippen LogP contribution in [0.5, 0.6) is 11.5 Å². The Hall–Kier alpha value is -1.96. The van der Waals surface area contributed by atoms with E-state index in [-0.39, 0.29) is 29.7 Å². The third kappa shape index (κ3) is 5.26. The number of hydrogen-bond donors (Lipinski definition) is 1. The largest absolute Gasteiger partial charge is 0.493 e. The quantitative estimate of drug-likeness (QED) is 0.719. The molecule has 1 N–H and O–H groups in total. The maximum Gasteiger partial charge on any atom is 0.253 e. The fraction of sp³-hybridized carbons (Fsp3) is 0.588. The van der Waals surface area contributed by atoms with Crippen molar-refractivity contribution in [3.8, 4) is 11.5 Å². The molecule has 0 fully saturated rings. The molecule has 0 aliphatic heterocycles. The fourth-order valence-corrected chi connectivity index (χ4v) is 3.62. The third-order valence-corrected chi connectivity index (χ3v) is 5.06. The maximum atomic E-state index is 12.7. The Bertz CT molecular complexity index is 703. The predicted octanol–water partition coefficient (Wildman–Crippen LogP) is 2.41. The van der Waals surface area contributed by atoms with E-state index >= 15 is 0 Å². The molecule has 0 unspecified atom stereocenters. The van der Waals surface area contributed by atoms with E-state index in [1.807, 2.05) is 13.8 Å². The Morgan fingerprint density at radius 1 is 1.20 bits per heavy atom. The number of rotatable bonds is 9. The molecule has 0 aliphatic carbocycles. The number of nitrogens with one attached hydrogen (secondary N) is 1. The molecule has 0 heterocycles. The lowest BCUT2D eigenvalue weighted by Crippen LogP contribution is -2.36. The number of sulfonamides is 1. The summed E-state index contributed by atoms with van der Waals surface area (Å²) in [5.74, 6) is 0.376. The molecule has 1 atom stereocenters. The molecular weight excluding hydrogens is 344 g/mol. The van der Waals surface area contributed by atoms with E-state index in [0.29, 0.717) is 11.5 Å². The number of methoxy groups -OCH3 is 2. The van der Waals surface area contributed by atoms with Gasteiger partial charge in [-0.05, 0) is 26.3 Å². The number of benzene rings is 1. The van der Waals surface area contributed by atoms with Crippen LogP contribution >= 0.6 is 0 Å². The number of ether oxygens (including phenoxy) is 2. The van der Waals surface area contributed by atoms with Gasteiger partial charge in [-0.15, -0.1) is 0 Å². The molecule has 0 aliphatic rings. The molecule has 25 heavy (non-hydrogen) atoms. The first-order valence-corrected chi connectivity index (χ1v) is 10.1. The highest BCUT2D eigenvalue weighted by molar-refractivity contribution is 7.92. The summed E-state index contributed by atoms with van der Waals surface area (Å²) >= 11 is 0. The highest BCUT2D eigenvalue weighted by Gasteiger charge is 2.25. The number of hydrogen-bond acceptors (Lipinski definition) is 5. The molecule has 1 aromatic carbocycles. The average molecular weight is 372 g/mol. The van der Waals surface area contributed by atoms with Gasteiger partial charge in [0.15, 0.2) is 11.5 Å². The normalized spacial score (nSPS) is 12.4. The van der Waals surface area contributed by atoms with Crippen molar-refractivity contribution in [3.05, 3.63) is 17.7 Å². The Kier molecular flexibility index (Phi) is 7.54. The van der Waals surface area contributed by atoms with E-state index in [2.05, 4.69) is 5.32 Å². The lowest BCUT2D eigenvalue weighted by Gasteiger charge is -2.25. The zero-order valence-corrected chi connectivity index (χ0v) is 16.6. The standard InChI is InChI=1S/C17H28N2O5S/c1-7-9-12(3)18-17(20)13-10-15(23-4)16(24-5)11-14(13)19(8-2)25(6,21)22/h10-12H,7-9H2,1-6H3,(H,18,20)/t12-/m0/s1. The zero-order valence-electron chi connectivity index (χ0n) is 15.8. The van der Waals surface area contributed by atoms with E-state index in [4.69, 9.17) is 9.47 Å². The molecule has 1 rings (SSSR count). The van der Waals surface area contributed by atoms with Gasteiger partial charge in [-0.1, -0.05) is 13.3 Å². The van der Waals surface area contributed by atoms with Crippen molar-refractivity contribution >= 4 is 21.6 Å². The molecule has 0 saturated carbocycles. The SMILES string of the molecule is CCC[C@H](C)NC(=O)c1cc(OC)c(OC)cc1N(CC)S(C)(=O)=O.